The maximum absolute atomic E-state index is 13.7. The average Bonchev–Trinajstić information content (AvgIpc) is 2.69. The van der Waals surface area contributed by atoms with Crippen LogP contribution in [0.2, 0.25) is 5.02 Å². The molecule has 1 aromatic carbocycles. The fraction of sp³-hybridized carbons (Fsp3) is 0.519. The number of rotatable bonds is 5. The molecule has 7 heteroatoms. The zero-order valence-electron chi connectivity index (χ0n) is 20.5. The summed E-state index contributed by atoms with van der Waals surface area (Å²) in [5.41, 5.74) is 2.99. The van der Waals surface area contributed by atoms with Gasteiger partial charge in [0.25, 0.3) is 0 Å². The summed E-state index contributed by atoms with van der Waals surface area (Å²) in [6.07, 6.45) is 1.89. The van der Waals surface area contributed by atoms with E-state index in [0.29, 0.717) is 53.2 Å². The molecule has 0 aromatic heterocycles. The maximum Gasteiger partial charge on any atom is 0.305 e. The number of ether oxygens (including phenoxy) is 1. The van der Waals surface area contributed by atoms with Gasteiger partial charge in [0.15, 0.2) is 11.6 Å². The molecule has 0 spiro atoms. The molecule has 3 aliphatic rings. The monoisotopic (exact) mass is 485 g/mol. The number of Topliss-reactive ketones (excluding diaryl/α,β-unsaturated/α-hetero) is 2. The smallest absolute Gasteiger partial charge is 0.305 e. The van der Waals surface area contributed by atoms with Gasteiger partial charge in [0, 0.05) is 58.4 Å². The van der Waals surface area contributed by atoms with Crippen LogP contribution in [-0.2, 0) is 14.4 Å². The van der Waals surface area contributed by atoms with E-state index >= 15 is 0 Å². The number of carboxylic acid groups (broad SMARTS) is 1. The fourth-order valence-corrected chi connectivity index (χ4v) is 5.95. The van der Waals surface area contributed by atoms with Crippen LogP contribution in [0.25, 0.3) is 0 Å². The van der Waals surface area contributed by atoms with Crippen LogP contribution in [0.1, 0.15) is 71.3 Å². The molecule has 1 heterocycles. The third-order valence-corrected chi connectivity index (χ3v) is 7.31. The minimum atomic E-state index is -0.911. The third-order valence-electron chi connectivity index (χ3n) is 7.07. The zero-order chi connectivity index (χ0) is 25.0. The second kappa shape index (κ2) is 8.56. The van der Waals surface area contributed by atoms with Gasteiger partial charge in [0.2, 0.25) is 0 Å². The normalized spacial score (nSPS) is 22.0. The van der Waals surface area contributed by atoms with Gasteiger partial charge >= 0.3 is 5.97 Å². The summed E-state index contributed by atoms with van der Waals surface area (Å²) in [6, 6.07) is 5.28. The summed E-state index contributed by atoms with van der Waals surface area (Å²) in [6.45, 7) is 8.44. The van der Waals surface area contributed by atoms with E-state index in [1.165, 1.54) is 0 Å². The van der Waals surface area contributed by atoms with Gasteiger partial charge < -0.3 is 14.7 Å². The van der Waals surface area contributed by atoms with E-state index in [4.69, 9.17) is 16.3 Å². The van der Waals surface area contributed by atoms with Crippen molar-refractivity contribution >= 4 is 29.1 Å². The van der Waals surface area contributed by atoms with Crippen molar-refractivity contribution in [2.75, 3.05) is 13.7 Å². The van der Waals surface area contributed by atoms with Crippen LogP contribution in [-0.4, -0.2) is 41.2 Å². The number of ketones is 2. The van der Waals surface area contributed by atoms with Crippen molar-refractivity contribution in [2.24, 2.45) is 10.8 Å². The standard InChI is InChI=1S/C27H32ClNO5/c1-26(2)11-17-24(19(30)13-26)23(16-10-15(28)6-7-21(16)34-5)25-18(29(17)9-8-22(32)33)12-27(3,4)14-20(25)31/h6-7,10,23H,8-9,11-14H2,1-5H3,(H,32,33). The van der Waals surface area contributed by atoms with E-state index < -0.39 is 11.9 Å². The maximum atomic E-state index is 13.7. The molecule has 1 aromatic rings. The quantitative estimate of drug-likeness (QED) is 0.592. The summed E-state index contributed by atoms with van der Waals surface area (Å²) >= 11 is 6.39. The van der Waals surface area contributed by atoms with Crippen molar-refractivity contribution in [1.29, 1.82) is 0 Å². The Kier molecular flexibility index (Phi) is 6.17. The summed E-state index contributed by atoms with van der Waals surface area (Å²) in [4.78, 5) is 40.9. The summed E-state index contributed by atoms with van der Waals surface area (Å²) in [7, 11) is 1.57. The fourth-order valence-electron chi connectivity index (χ4n) is 5.77. The molecular formula is C27H32ClNO5. The van der Waals surface area contributed by atoms with Crippen molar-refractivity contribution in [3.8, 4) is 5.75 Å². The molecule has 0 fully saturated rings. The lowest BCUT2D eigenvalue weighted by Crippen LogP contribution is -2.45. The molecule has 0 saturated heterocycles. The van der Waals surface area contributed by atoms with Crippen LogP contribution in [0.15, 0.2) is 40.7 Å². The molecule has 0 saturated carbocycles. The Morgan fingerprint density at radius 1 is 1.03 bits per heavy atom. The minimum absolute atomic E-state index is 0.0113. The topological polar surface area (TPSA) is 83.9 Å². The first-order valence-electron chi connectivity index (χ1n) is 11.7. The summed E-state index contributed by atoms with van der Waals surface area (Å²) < 4.78 is 5.65. The highest BCUT2D eigenvalue weighted by Crippen LogP contribution is 2.55. The largest absolute Gasteiger partial charge is 0.496 e. The Bertz CT molecular complexity index is 1090. The van der Waals surface area contributed by atoms with Crippen molar-refractivity contribution in [2.45, 2.75) is 65.7 Å². The van der Waals surface area contributed by atoms with Crippen LogP contribution in [0.4, 0.5) is 0 Å². The number of nitrogens with zero attached hydrogens (tertiary/aromatic N) is 1. The first-order valence-corrected chi connectivity index (χ1v) is 12.1. The molecule has 34 heavy (non-hydrogen) atoms. The molecule has 1 N–H and O–H groups in total. The number of benzene rings is 1. The van der Waals surface area contributed by atoms with Gasteiger partial charge in [-0.05, 0) is 41.9 Å². The number of halogens is 1. The van der Waals surface area contributed by atoms with E-state index in [-0.39, 0.29) is 35.4 Å². The number of hydrogen-bond donors (Lipinski definition) is 1. The predicted octanol–water partition coefficient (Wildman–Crippen LogP) is 5.51. The molecule has 1 aliphatic heterocycles. The van der Waals surface area contributed by atoms with Gasteiger partial charge in [-0.3, -0.25) is 14.4 Å². The van der Waals surface area contributed by atoms with Crippen LogP contribution in [0.5, 0.6) is 5.75 Å². The van der Waals surface area contributed by atoms with Gasteiger partial charge in [-0.1, -0.05) is 39.3 Å². The first kappa shape index (κ1) is 24.5. The van der Waals surface area contributed by atoms with Gasteiger partial charge in [-0.25, -0.2) is 0 Å². The van der Waals surface area contributed by atoms with E-state index in [0.717, 1.165) is 11.4 Å². The lowest BCUT2D eigenvalue weighted by molar-refractivity contribution is -0.137. The van der Waals surface area contributed by atoms with Gasteiger partial charge in [0.05, 0.1) is 13.5 Å². The van der Waals surface area contributed by atoms with Crippen molar-refractivity contribution in [1.82, 2.24) is 4.90 Å². The van der Waals surface area contributed by atoms with Gasteiger partial charge in [0.1, 0.15) is 5.75 Å². The number of carboxylic acids is 1. The van der Waals surface area contributed by atoms with Crippen molar-refractivity contribution in [3.05, 3.63) is 51.3 Å². The van der Waals surface area contributed by atoms with Crippen LogP contribution >= 0.6 is 11.6 Å². The molecule has 4 rings (SSSR count). The molecular weight excluding hydrogens is 454 g/mol. The SMILES string of the molecule is COc1ccc(Cl)cc1C1C2=C(CC(C)(C)CC2=O)N(CCC(=O)O)C2=C1C(=O)CC(C)(C)C2. The van der Waals surface area contributed by atoms with Crippen LogP contribution < -0.4 is 4.74 Å². The van der Waals surface area contributed by atoms with Crippen molar-refractivity contribution in [3.63, 3.8) is 0 Å². The molecule has 0 radical (unpaired) electrons. The highest BCUT2D eigenvalue weighted by atomic mass is 35.5. The lowest BCUT2D eigenvalue weighted by atomic mass is 9.63. The highest BCUT2D eigenvalue weighted by molar-refractivity contribution is 6.30. The van der Waals surface area contributed by atoms with E-state index in [9.17, 15) is 19.5 Å². The molecule has 0 amide bonds. The molecule has 6 nitrogen and oxygen atoms in total. The van der Waals surface area contributed by atoms with Gasteiger partial charge in [-0.15, -0.1) is 0 Å². The predicted molar refractivity (Wildman–Crippen MR) is 130 cm³/mol. The van der Waals surface area contributed by atoms with Crippen molar-refractivity contribution < 1.29 is 24.2 Å². The first-order chi connectivity index (χ1) is 15.8. The molecule has 0 unspecified atom stereocenters. The van der Waals surface area contributed by atoms with E-state index in [2.05, 4.69) is 27.7 Å². The number of hydrogen-bond acceptors (Lipinski definition) is 5. The Morgan fingerprint density at radius 3 is 2.03 bits per heavy atom. The Balaban J connectivity index is 2.03. The summed E-state index contributed by atoms with van der Waals surface area (Å²) in [5, 5.41) is 9.95. The summed E-state index contributed by atoms with van der Waals surface area (Å²) in [5.74, 6) is -0.939. The third kappa shape index (κ3) is 4.40. The number of carbonyl (C=O) groups excluding carboxylic acids is 2. The van der Waals surface area contributed by atoms with E-state index in [1.807, 2.05) is 4.90 Å². The Hall–Kier alpha value is -2.60. The number of carbonyl (C=O) groups is 3. The zero-order valence-corrected chi connectivity index (χ0v) is 21.2. The molecule has 2 aliphatic carbocycles. The van der Waals surface area contributed by atoms with Crippen LogP contribution in [0, 0.1) is 10.8 Å². The lowest BCUT2D eigenvalue weighted by Gasteiger charge is -2.49. The van der Waals surface area contributed by atoms with E-state index in [1.54, 1.807) is 25.3 Å². The number of methoxy groups -OCH3 is 1. The minimum Gasteiger partial charge on any atom is -0.496 e. The number of aliphatic carboxylic acids is 1. The Morgan fingerprint density at radius 2 is 1.56 bits per heavy atom. The van der Waals surface area contributed by atoms with Crippen LogP contribution in [0.3, 0.4) is 0 Å². The highest BCUT2D eigenvalue weighted by Gasteiger charge is 2.49. The molecule has 0 atom stereocenters. The second-order valence-electron chi connectivity index (χ2n) is 11.2. The molecule has 182 valence electrons. The Labute approximate surface area is 205 Å². The molecule has 0 bridgehead atoms. The second-order valence-corrected chi connectivity index (χ2v) is 11.7. The number of allylic oxidation sites excluding steroid dienone is 4. The average molecular weight is 486 g/mol. The van der Waals surface area contributed by atoms with Gasteiger partial charge in [-0.2, -0.15) is 0 Å².